The first kappa shape index (κ1) is 27.6. The van der Waals surface area contributed by atoms with E-state index < -0.39 is 23.3 Å². The fourth-order valence-electron chi connectivity index (χ4n) is 4.81. The lowest BCUT2D eigenvalue weighted by Crippen LogP contribution is -2.19. The largest absolute Gasteiger partial charge is 0.497 e. The second-order valence-electron chi connectivity index (χ2n) is 11.4. The first-order chi connectivity index (χ1) is 18.0. The van der Waals surface area contributed by atoms with Gasteiger partial charge in [-0.25, -0.2) is 4.39 Å². The third-order valence-electron chi connectivity index (χ3n) is 7.17. The Morgan fingerprint density at radius 1 is 1.03 bits per heavy atom. The first-order valence-corrected chi connectivity index (χ1v) is 13.1. The maximum Gasteiger partial charge on any atom is 0.303 e. The van der Waals surface area contributed by atoms with Crippen molar-refractivity contribution in [2.24, 2.45) is 11.3 Å². The Labute approximate surface area is 224 Å². The van der Waals surface area contributed by atoms with E-state index in [4.69, 9.17) is 9.47 Å². The van der Waals surface area contributed by atoms with E-state index in [0.717, 1.165) is 17.5 Å². The van der Waals surface area contributed by atoms with Gasteiger partial charge in [0.25, 0.3) is 0 Å². The molecule has 0 bridgehead atoms. The smallest absolute Gasteiger partial charge is 0.303 e. The molecule has 0 aromatic heterocycles. The molecule has 4 rings (SSSR count). The minimum atomic E-state index is -0.842. The van der Waals surface area contributed by atoms with Crippen LogP contribution in [0.3, 0.4) is 0 Å². The van der Waals surface area contributed by atoms with Crippen molar-refractivity contribution in [2.75, 3.05) is 7.11 Å². The lowest BCUT2D eigenvalue weighted by Gasteiger charge is -2.28. The van der Waals surface area contributed by atoms with Gasteiger partial charge in [-0.3, -0.25) is 4.79 Å². The molecule has 0 saturated heterocycles. The minimum absolute atomic E-state index is 0.0332. The summed E-state index contributed by atoms with van der Waals surface area (Å²) in [4.78, 5) is 11.4. The summed E-state index contributed by atoms with van der Waals surface area (Å²) in [5.74, 6) is 0.594. The van der Waals surface area contributed by atoms with Crippen LogP contribution in [0.25, 0.3) is 11.1 Å². The molecule has 1 fully saturated rings. The highest BCUT2D eigenvalue weighted by atomic mass is 19.1. The average Bonchev–Trinajstić information content (AvgIpc) is 3.70. The molecule has 3 aromatic carbocycles. The molecule has 1 aliphatic carbocycles. The van der Waals surface area contributed by atoms with E-state index in [-0.39, 0.29) is 18.9 Å². The number of methoxy groups -OCH3 is 1. The fourth-order valence-corrected chi connectivity index (χ4v) is 4.81. The third kappa shape index (κ3) is 6.93. The number of aliphatic hydroxyl groups is 1. The van der Waals surface area contributed by atoms with Gasteiger partial charge in [0.2, 0.25) is 0 Å². The average molecular weight is 521 g/mol. The Balaban J connectivity index is 1.60. The molecule has 0 spiro atoms. The lowest BCUT2D eigenvalue weighted by atomic mass is 9.81. The number of hydrogen-bond donors (Lipinski definition) is 2. The van der Waals surface area contributed by atoms with E-state index in [1.807, 2.05) is 63.2 Å². The maximum absolute atomic E-state index is 14.9. The Bertz CT molecular complexity index is 1280. The molecule has 6 heteroatoms. The van der Waals surface area contributed by atoms with Crippen molar-refractivity contribution in [1.82, 2.24) is 0 Å². The quantitative estimate of drug-likeness (QED) is 0.273. The van der Waals surface area contributed by atoms with E-state index in [0.29, 0.717) is 34.1 Å². The van der Waals surface area contributed by atoms with Crippen LogP contribution in [-0.2, 0) is 11.4 Å². The number of benzene rings is 3. The van der Waals surface area contributed by atoms with E-state index in [2.05, 4.69) is 0 Å². The molecule has 0 aliphatic heterocycles. The van der Waals surface area contributed by atoms with Gasteiger partial charge in [0, 0.05) is 5.56 Å². The molecule has 202 valence electrons. The zero-order chi connectivity index (χ0) is 27.4. The summed E-state index contributed by atoms with van der Waals surface area (Å²) in [5, 5.41) is 20.6. The molecule has 0 amide bonds. The standard InChI is InChI=1S/C32H37FO5/c1-32(2,3)31(36)28-15-21(10-12-26(28)27-18-24(37-4)11-13-29(27)33)19-38-25-7-5-6-22(16-25)23(17-30(34)35)14-20-8-9-20/h5-7,10-13,15-16,18,20,23,31,36H,8-9,14,17,19H2,1-4H3,(H,34,35)/t23-,31-/m0/s1. The zero-order valence-corrected chi connectivity index (χ0v) is 22.5. The van der Waals surface area contributed by atoms with Gasteiger partial charge in [0.05, 0.1) is 19.6 Å². The van der Waals surface area contributed by atoms with Crippen molar-refractivity contribution in [3.05, 3.63) is 83.2 Å². The monoisotopic (exact) mass is 520 g/mol. The molecule has 0 heterocycles. The molecule has 3 aromatic rings. The minimum Gasteiger partial charge on any atom is -0.497 e. The summed E-state index contributed by atoms with van der Waals surface area (Å²) in [6.45, 7) is 6.06. The number of aliphatic hydroxyl groups excluding tert-OH is 1. The van der Waals surface area contributed by atoms with Crippen molar-refractivity contribution in [1.29, 1.82) is 0 Å². The molecule has 0 radical (unpaired) electrons. The van der Waals surface area contributed by atoms with Crippen LogP contribution in [0.2, 0.25) is 0 Å². The van der Waals surface area contributed by atoms with Gasteiger partial charge in [-0.15, -0.1) is 0 Å². The predicted octanol–water partition coefficient (Wildman–Crippen LogP) is 7.52. The van der Waals surface area contributed by atoms with Crippen LogP contribution in [0.1, 0.15) is 75.2 Å². The molecule has 38 heavy (non-hydrogen) atoms. The number of hydrogen-bond acceptors (Lipinski definition) is 4. The highest BCUT2D eigenvalue weighted by Crippen LogP contribution is 2.42. The van der Waals surface area contributed by atoms with E-state index >= 15 is 0 Å². The van der Waals surface area contributed by atoms with Gasteiger partial charge in [0.15, 0.2) is 0 Å². The van der Waals surface area contributed by atoms with Crippen LogP contribution in [0, 0.1) is 17.2 Å². The zero-order valence-electron chi connectivity index (χ0n) is 22.5. The summed E-state index contributed by atoms with van der Waals surface area (Å²) in [6.07, 6.45) is 2.49. The van der Waals surface area contributed by atoms with Crippen molar-refractivity contribution in [3.8, 4) is 22.6 Å². The van der Waals surface area contributed by atoms with Crippen molar-refractivity contribution in [3.63, 3.8) is 0 Å². The number of carboxylic acids is 1. The number of aliphatic carboxylic acids is 1. The van der Waals surface area contributed by atoms with Gasteiger partial charge in [-0.05, 0) is 82.3 Å². The van der Waals surface area contributed by atoms with Crippen LogP contribution >= 0.6 is 0 Å². The highest BCUT2D eigenvalue weighted by Gasteiger charge is 2.29. The summed E-state index contributed by atoms with van der Waals surface area (Å²) in [5.41, 5.74) is 2.92. The van der Waals surface area contributed by atoms with E-state index in [9.17, 15) is 19.4 Å². The van der Waals surface area contributed by atoms with Gasteiger partial charge in [-0.2, -0.15) is 0 Å². The van der Waals surface area contributed by atoms with Crippen molar-refractivity contribution < 1.29 is 28.9 Å². The molecule has 0 unspecified atom stereocenters. The molecule has 1 saturated carbocycles. The number of ether oxygens (including phenoxy) is 2. The molecule has 2 N–H and O–H groups in total. The Morgan fingerprint density at radius 2 is 1.79 bits per heavy atom. The van der Waals surface area contributed by atoms with Gasteiger partial charge in [0.1, 0.15) is 23.9 Å². The van der Waals surface area contributed by atoms with Gasteiger partial charge in [-0.1, -0.05) is 57.9 Å². The summed E-state index contributed by atoms with van der Waals surface area (Å²) in [7, 11) is 1.53. The van der Waals surface area contributed by atoms with Crippen LogP contribution in [0.15, 0.2) is 60.7 Å². The fraction of sp³-hybridized carbons (Fsp3) is 0.406. The summed E-state index contributed by atoms with van der Waals surface area (Å²) in [6, 6.07) is 17.8. The third-order valence-corrected chi connectivity index (χ3v) is 7.17. The van der Waals surface area contributed by atoms with Gasteiger partial charge >= 0.3 is 5.97 Å². The van der Waals surface area contributed by atoms with E-state index in [1.165, 1.54) is 26.0 Å². The second kappa shape index (κ2) is 11.6. The van der Waals surface area contributed by atoms with Crippen molar-refractivity contribution in [2.45, 2.75) is 65.1 Å². The van der Waals surface area contributed by atoms with Crippen LogP contribution < -0.4 is 9.47 Å². The number of rotatable bonds is 11. The number of halogens is 1. The van der Waals surface area contributed by atoms with Crippen LogP contribution in [0.4, 0.5) is 4.39 Å². The Morgan fingerprint density at radius 3 is 2.45 bits per heavy atom. The van der Waals surface area contributed by atoms with Crippen LogP contribution in [0.5, 0.6) is 11.5 Å². The summed E-state index contributed by atoms with van der Waals surface area (Å²) < 4.78 is 26.3. The Kier molecular flexibility index (Phi) is 8.41. The molecule has 1 aliphatic rings. The number of carboxylic acid groups (broad SMARTS) is 1. The normalized spacial score (nSPS) is 15.1. The topological polar surface area (TPSA) is 76.0 Å². The molecular formula is C32H37FO5. The molecule has 5 nitrogen and oxygen atoms in total. The lowest BCUT2D eigenvalue weighted by molar-refractivity contribution is -0.137. The first-order valence-electron chi connectivity index (χ1n) is 13.1. The number of carbonyl (C=O) groups is 1. The maximum atomic E-state index is 14.9. The molecule has 2 atom stereocenters. The SMILES string of the molecule is COc1ccc(F)c(-c2ccc(COc3cccc([C@H](CC(=O)O)CC4CC4)c3)cc2[C@H](O)C(C)(C)C)c1. The summed E-state index contributed by atoms with van der Waals surface area (Å²) >= 11 is 0. The van der Waals surface area contributed by atoms with Gasteiger partial charge < -0.3 is 19.7 Å². The van der Waals surface area contributed by atoms with Crippen LogP contribution in [-0.4, -0.2) is 23.3 Å². The molecular weight excluding hydrogens is 483 g/mol. The Hall–Kier alpha value is -3.38. The van der Waals surface area contributed by atoms with E-state index in [1.54, 1.807) is 12.1 Å². The second-order valence-corrected chi connectivity index (χ2v) is 11.4. The van der Waals surface area contributed by atoms with Crippen molar-refractivity contribution >= 4 is 5.97 Å². The highest BCUT2D eigenvalue weighted by molar-refractivity contribution is 5.70. The predicted molar refractivity (Wildman–Crippen MR) is 146 cm³/mol.